The second-order valence-corrected chi connectivity index (χ2v) is 4.09. The van der Waals surface area contributed by atoms with Gasteiger partial charge in [-0.3, -0.25) is 4.57 Å². The third-order valence-electron chi connectivity index (χ3n) is 2.40. The summed E-state index contributed by atoms with van der Waals surface area (Å²) in [4.78, 5) is 4.30. The minimum Gasteiger partial charge on any atom is -0.495 e. The molecule has 1 aromatic heterocycles. The highest BCUT2D eigenvalue weighted by Crippen LogP contribution is 2.24. The molecule has 90 valence electrons. The highest BCUT2D eigenvalue weighted by Gasteiger charge is 2.09. The largest absolute Gasteiger partial charge is 0.495 e. The van der Waals surface area contributed by atoms with Crippen molar-refractivity contribution in [2.75, 3.05) is 12.4 Å². The molecular formula is C13H17N3O. The van der Waals surface area contributed by atoms with Crippen LogP contribution in [0.15, 0.2) is 36.7 Å². The van der Waals surface area contributed by atoms with E-state index in [2.05, 4.69) is 24.1 Å². The number of aromatic nitrogens is 2. The number of para-hydroxylation sites is 2. The van der Waals surface area contributed by atoms with Crippen LogP contribution < -0.4 is 10.1 Å². The summed E-state index contributed by atoms with van der Waals surface area (Å²) in [5.74, 6) is 1.65. The zero-order chi connectivity index (χ0) is 12.3. The van der Waals surface area contributed by atoms with Crippen LogP contribution in [0.25, 0.3) is 5.69 Å². The third kappa shape index (κ3) is 2.41. The maximum atomic E-state index is 5.35. The summed E-state index contributed by atoms with van der Waals surface area (Å²) in [5.41, 5.74) is 0.982. The van der Waals surface area contributed by atoms with E-state index in [1.165, 1.54) is 0 Å². The maximum Gasteiger partial charge on any atom is 0.207 e. The van der Waals surface area contributed by atoms with Crippen molar-refractivity contribution in [2.24, 2.45) is 0 Å². The number of anilines is 1. The van der Waals surface area contributed by atoms with Gasteiger partial charge in [0.15, 0.2) is 0 Å². The molecule has 0 fully saturated rings. The fourth-order valence-electron chi connectivity index (χ4n) is 1.69. The van der Waals surface area contributed by atoms with Gasteiger partial charge in [-0.25, -0.2) is 4.98 Å². The number of imidazole rings is 1. The Labute approximate surface area is 101 Å². The number of nitrogens with zero attached hydrogens (tertiary/aromatic N) is 2. The first-order valence-corrected chi connectivity index (χ1v) is 5.65. The van der Waals surface area contributed by atoms with Crippen LogP contribution >= 0.6 is 0 Å². The lowest BCUT2D eigenvalue weighted by atomic mass is 10.3. The number of nitrogens with one attached hydrogen (secondary N) is 1. The average Bonchev–Trinajstić information content (AvgIpc) is 2.76. The molecule has 0 bridgehead atoms. The molecule has 0 aliphatic carbocycles. The summed E-state index contributed by atoms with van der Waals surface area (Å²) in [6.07, 6.45) is 3.69. The van der Waals surface area contributed by atoms with Crippen molar-refractivity contribution in [2.45, 2.75) is 19.9 Å². The number of hydrogen-bond donors (Lipinski definition) is 1. The van der Waals surface area contributed by atoms with E-state index in [1.54, 1.807) is 13.3 Å². The summed E-state index contributed by atoms with van der Waals surface area (Å²) in [5, 5.41) is 3.30. The smallest absolute Gasteiger partial charge is 0.207 e. The minimum absolute atomic E-state index is 0.339. The summed E-state index contributed by atoms with van der Waals surface area (Å²) in [6.45, 7) is 4.17. The van der Waals surface area contributed by atoms with E-state index in [0.29, 0.717) is 6.04 Å². The first-order valence-electron chi connectivity index (χ1n) is 5.65. The normalized spacial score (nSPS) is 10.6. The van der Waals surface area contributed by atoms with E-state index in [1.807, 2.05) is 35.0 Å². The van der Waals surface area contributed by atoms with Crippen molar-refractivity contribution >= 4 is 5.95 Å². The number of benzene rings is 1. The van der Waals surface area contributed by atoms with Gasteiger partial charge in [0.05, 0.1) is 12.8 Å². The van der Waals surface area contributed by atoms with Crippen molar-refractivity contribution in [3.05, 3.63) is 36.7 Å². The molecule has 2 aromatic rings. The SMILES string of the molecule is COc1ccccc1-n1ccnc1NC(C)C. The first kappa shape index (κ1) is 11.5. The standard InChI is InChI=1S/C13H17N3O/c1-10(2)15-13-14-8-9-16(13)11-6-4-5-7-12(11)17-3/h4-10H,1-3H3,(H,14,15). The van der Waals surface area contributed by atoms with Gasteiger partial charge >= 0.3 is 0 Å². The lowest BCUT2D eigenvalue weighted by molar-refractivity contribution is 0.413. The second-order valence-electron chi connectivity index (χ2n) is 4.09. The van der Waals surface area contributed by atoms with Gasteiger partial charge in [0.25, 0.3) is 0 Å². The zero-order valence-corrected chi connectivity index (χ0v) is 10.3. The molecule has 4 nitrogen and oxygen atoms in total. The van der Waals surface area contributed by atoms with E-state index in [9.17, 15) is 0 Å². The van der Waals surface area contributed by atoms with Crippen LogP contribution in [0.4, 0.5) is 5.95 Å². The molecule has 1 heterocycles. The lowest BCUT2D eigenvalue weighted by Crippen LogP contribution is -2.14. The van der Waals surface area contributed by atoms with Crippen LogP contribution in [0, 0.1) is 0 Å². The van der Waals surface area contributed by atoms with Crippen molar-refractivity contribution in [1.29, 1.82) is 0 Å². The van der Waals surface area contributed by atoms with Gasteiger partial charge in [-0.1, -0.05) is 12.1 Å². The van der Waals surface area contributed by atoms with Crippen LogP contribution in [0.2, 0.25) is 0 Å². The first-order chi connectivity index (χ1) is 8.22. The Balaban J connectivity index is 2.42. The molecular weight excluding hydrogens is 214 g/mol. The van der Waals surface area contributed by atoms with Crippen LogP contribution in [0.3, 0.4) is 0 Å². The molecule has 0 atom stereocenters. The third-order valence-corrected chi connectivity index (χ3v) is 2.40. The van der Waals surface area contributed by atoms with E-state index in [4.69, 9.17) is 4.74 Å². The van der Waals surface area contributed by atoms with Gasteiger partial charge < -0.3 is 10.1 Å². The lowest BCUT2D eigenvalue weighted by Gasteiger charge is -2.14. The van der Waals surface area contributed by atoms with Gasteiger partial charge in [-0.15, -0.1) is 0 Å². The topological polar surface area (TPSA) is 39.1 Å². The van der Waals surface area contributed by atoms with Crippen molar-refractivity contribution in [3.8, 4) is 11.4 Å². The molecule has 0 radical (unpaired) electrons. The number of hydrogen-bond acceptors (Lipinski definition) is 3. The highest BCUT2D eigenvalue weighted by atomic mass is 16.5. The Morgan fingerprint density at radius 1 is 1.29 bits per heavy atom. The predicted octanol–water partition coefficient (Wildman–Crippen LogP) is 2.70. The average molecular weight is 231 g/mol. The second kappa shape index (κ2) is 4.91. The molecule has 0 amide bonds. The fraction of sp³-hybridized carbons (Fsp3) is 0.308. The Hall–Kier alpha value is -1.97. The van der Waals surface area contributed by atoms with Gasteiger partial charge in [0.1, 0.15) is 5.75 Å². The Morgan fingerprint density at radius 2 is 2.06 bits per heavy atom. The predicted molar refractivity (Wildman–Crippen MR) is 68.9 cm³/mol. The maximum absolute atomic E-state index is 5.35. The van der Waals surface area contributed by atoms with Crippen LogP contribution in [-0.4, -0.2) is 22.7 Å². The molecule has 0 aliphatic heterocycles. The van der Waals surface area contributed by atoms with Crippen LogP contribution in [-0.2, 0) is 0 Å². The molecule has 0 unspecified atom stereocenters. The van der Waals surface area contributed by atoms with Crippen molar-refractivity contribution in [3.63, 3.8) is 0 Å². The summed E-state index contributed by atoms with van der Waals surface area (Å²) < 4.78 is 7.34. The van der Waals surface area contributed by atoms with Crippen molar-refractivity contribution < 1.29 is 4.74 Å². The Morgan fingerprint density at radius 3 is 2.76 bits per heavy atom. The molecule has 0 saturated heterocycles. The van der Waals surface area contributed by atoms with E-state index >= 15 is 0 Å². The summed E-state index contributed by atoms with van der Waals surface area (Å²) in [7, 11) is 1.67. The van der Waals surface area contributed by atoms with Gasteiger partial charge in [-0.05, 0) is 26.0 Å². The Kier molecular flexibility index (Phi) is 3.32. The number of rotatable bonds is 4. The Bertz CT molecular complexity index is 491. The van der Waals surface area contributed by atoms with Crippen LogP contribution in [0.1, 0.15) is 13.8 Å². The van der Waals surface area contributed by atoms with Gasteiger partial charge in [-0.2, -0.15) is 0 Å². The van der Waals surface area contributed by atoms with E-state index in [0.717, 1.165) is 17.4 Å². The fourth-order valence-corrected chi connectivity index (χ4v) is 1.69. The van der Waals surface area contributed by atoms with Gasteiger partial charge in [0.2, 0.25) is 5.95 Å². The molecule has 17 heavy (non-hydrogen) atoms. The molecule has 1 N–H and O–H groups in total. The molecule has 1 aromatic carbocycles. The van der Waals surface area contributed by atoms with Crippen LogP contribution in [0.5, 0.6) is 5.75 Å². The molecule has 0 saturated carbocycles. The van der Waals surface area contributed by atoms with E-state index in [-0.39, 0.29) is 0 Å². The minimum atomic E-state index is 0.339. The quantitative estimate of drug-likeness (QED) is 0.879. The summed E-state index contributed by atoms with van der Waals surface area (Å²) in [6, 6.07) is 8.22. The monoisotopic (exact) mass is 231 g/mol. The highest BCUT2D eigenvalue weighted by molar-refractivity contribution is 5.51. The molecule has 0 spiro atoms. The van der Waals surface area contributed by atoms with Gasteiger partial charge in [0, 0.05) is 18.4 Å². The summed E-state index contributed by atoms with van der Waals surface area (Å²) >= 11 is 0. The van der Waals surface area contributed by atoms with E-state index < -0.39 is 0 Å². The molecule has 2 rings (SSSR count). The number of methoxy groups -OCH3 is 1. The molecule has 4 heteroatoms. The number of ether oxygens (including phenoxy) is 1. The zero-order valence-electron chi connectivity index (χ0n) is 10.3. The molecule has 0 aliphatic rings. The van der Waals surface area contributed by atoms with Crippen molar-refractivity contribution in [1.82, 2.24) is 9.55 Å².